The molecule has 0 saturated heterocycles. The van der Waals surface area contributed by atoms with Crippen molar-refractivity contribution in [1.29, 1.82) is 0 Å². The Morgan fingerprint density at radius 2 is 1.65 bits per heavy atom. The first-order valence-corrected chi connectivity index (χ1v) is 6.69. The minimum Gasteiger partial charge on any atom is -0.267 e. The minimum absolute atomic E-state index is 0.199. The van der Waals surface area contributed by atoms with Crippen molar-refractivity contribution in [2.45, 2.75) is 20.3 Å². The van der Waals surface area contributed by atoms with Gasteiger partial charge < -0.3 is 0 Å². The molecule has 0 fully saturated rings. The Morgan fingerprint density at radius 1 is 1.00 bits per heavy atom. The number of nitrogens with zero attached hydrogens (tertiary/aromatic N) is 1. The fraction of sp³-hybridized carbons (Fsp3) is 0.176. The lowest BCUT2D eigenvalue weighted by Crippen LogP contribution is -2.19. The van der Waals surface area contributed by atoms with Crippen LogP contribution in [0.5, 0.6) is 0 Å². The summed E-state index contributed by atoms with van der Waals surface area (Å²) < 4.78 is 0. The highest BCUT2D eigenvalue weighted by Gasteiger charge is 2.03. The summed E-state index contributed by atoms with van der Waals surface area (Å²) in [5.74, 6) is -0.199. The van der Waals surface area contributed by atoms with E-state index in [0.29, 0.717) is 5.56 Å². The first-order chi connectivity index (χ1) is 9.70. The smallest absolute Gasteiger partial charge is 0.267 e. The van der Waals surface area contributed by atoms with Crippen LogP contribution in [0.15, 0.2) is 59.7 Å². The lowest BCUT2D eigenvalue weighted by atomic mass is 10.1. The number of hydrogen-bond donors (Lipinski definition) is 1. The van der Waals surface area contributed by atoms with Gasteiger partial charge in [-0.05, 0) is 36.6 Å². The highest BCUT2D eigenvalue weighted by molar-refractivity contribution is 6.00. The highest BCUT2D eigenvalue weighted by Crippen LogP contribution is 2.06. The van der Waals surface area contributed by atoms with Crippen LogP contribution in [-0.4, -0.2) is 11.6 Å². The van der Waals surface area contributed by atoms with Crippen molar-refractivity contribution >= 4 is 11.6 Å². The second-order valence-electron chi connectivity index (χ2n) is 4.55. The monoisotopic (exact) mass is 266 g/mol. The highest BCUT2D eigenvalue weighted by atomic mass is 16.2. The van der Waals surface area contributed by atoms with Gasteiger partial charge in [-0.3, -0.25) is 4.79 Å². The van der Waals surface area contributed by atoms with Crippen molar-refractivity contribution in [3.8, 4) is 0 Å². The van der Waals surface area contributed by atoms with E-state index >= 15 is 0 Å². The van der Waals surface area contributed by atoms with Crippen LogP contribution in [-0.2, 0) is 6.42 Å². The first kappa shape index (κ1) is 14.0. The molecule has 0 aliphatic rings. The second kappa shape index (κ2) is 6.66. The van der Waals surface area contributed by atoms with Gasteiger partial charge in [-0.25, -0.2) is 5.43 Å². The molecule has 0 aliphatic carbocycles. The maximum atomic E-state index is 11.9. The molecular weight excluding hydrogens is 248 g/mol. The van der Waals surface area contributed by atoms with Crippen molar-refractivity contribution in [2.75, 3.05) is 0 Å². The predicted octanol–water partition coefficient (Wildman–Crippen LogP) is 3.40. The van der Waals surface area contributed by atoms with Crippen LogP contribution in [0.4, 0.5) is 0 Å². The molecule has 0 atom stereocenters. The molecule has 0 heterocycles. The van der Waals surface area contributed by atoms with E-state index in [2.05, 4.69) is 29.6 Å². The van der Waals surface area contributed by atoms with Gasteiger partial charge in [-0.15, -0.1) is 0 Å². The zero-order valence-corrected chi connectivity index (χ0v) is 11.8. The Morgan fingerprint density at radius 3 is 2.25 bits per heavy atom. The Hall–Kier alpha value is -2.42. The van der Waals surface area contributed by atoms with E-state index in [9.17, 15) is 4.79 Å². The van der Waals surface area contributed by atoms with E-state index in [-0.39, 0.29) is 5.91 Å². The van der Waals surface area contributed by atoms with Gasteiger partial charge in [0.05, 0.1) is 5.71 Å². The van der Waals surface area contributed by atoms with Crippen LogP contribution in [0.2, 0.25) is 0 Å². The van der Waals surface area contributed by atoms with Crippen LogP contribution < -0.4 is 5.43 Å². The lowest BCUT2D eigenvalue weighted by molar-refractivity contribution is 0.0955. The Balaban J connectivity index is 2.05. The van der Waals surface area contributed by atoms with Gasteiger partial charge in [-0.1, -0.05) is 49.4 Å². The molecule has 0 unspecified atom stereocenters. The molecule has 0 radical (unpaired) electrons. The van der Waals surface area contributed by atoms with Crippen LogP contribution in [0.3, 0.4) is 0 Å². The summed E-state index contributed by atoms with van der Waals surface area (Å²) in [6.45, 7) is 4.00. The molecule has 2 aromatic rings. The third-order valence-electron chi connectivity index (χ3n) is 3.14. The number of benzene rings is 2. The first-order valence-electron chi connectivity index (χ1n) is 6.69. The molecule has 0 aromatic heterocycles. The number of nitrogens with one attached hydrogen (secondary N) is 1. The molecule has 0 spiro atoms. The topological polar surface area (TPSA) is 41.5 Å². The number of carbonyl (C=O) groups excluding carboxylic acids is 1. The summed E-state index contributed by atoms with van der Waals surface area (Å²) in [6, 6.07) is 17.2. The van der Waals surface area contributed by atoms with Crippen LogP contribution in [0.1, 0.15) is 35.3 Å². The maximum Gasteiger partial charge on any atom is 0.271 e. The maximum absolute atomic E-state index is 11.9. The molecule has 1 N–H and O–H groups in total. The SMILES string of the molecule is CCc1ccc(C(C)=NNC(=O)c2ccccc2)cc1. The summed E-state index contributed by atoms with van der Waals surface area (Å²) in [5.41, 5.74) is 6.26. The number of carbonyl (C=O) groups is 1. The van der Waals surface area contributed by atoms with Gasteiger partial charge in [0.25, 0.3) is 5.91 Å². The Kier molecular flexibility index (Phi) is 4.66. The van der Waals surface area contributed by atoms with Crippen molar-refractivity contribution in [3.63, 3.8) is 0 Å². The molecule has 0 saturated carbocycles. The number of amides is 1. The Bertz CT molecular complexity index is 601. The summed E-state index contributed by atoms with van der Waals surface area (Å²) in [5, 5.41) is 4.14. The van der Waals surface area contributed by atoms with E-state index in [1.807, 2.05) is 37.3 Å². The van der Waals surface area contributed by atoms with E-state index < -0.39 is 0 Å². The van der Waals surface area contributed by atoms with Crippen LogP contribution in [0.25, 0.3) is 0 Å². The zero-order chi connectivity index (χ0) is 14.4. The number of hydrazone groups is 1. The fourth-order valence-corrected chi connectivity index (χ4v) is 1.83. The molecule has 2 rings (SSSR count). The zero-order valence-electron chi connectivity index (χ0n) is 11.8. The van der Waals surface area contributed by atoms with Gasteiger partial charge in [0.2, 0.25) is 0 Å². The van der Waals surface area contributed by atoms with Crippen LogP contribution >= 0.6 is 0 Å². The standard InChI is InChI=1S/C17H18N2O/c1-3-14-9-11-15(12-10-14)13(2)18-19-17(20)16-7-5-4-6-8-16/h4-12H,3H2,1-2H3,(H,19,20). The third kappa shape index (κ3) is 3.54. The normalized spacial score (nSPS) is 11.2. The third-order valence-corrected chi connectivity index (χ3v) is 3.14. The number of aryl methyl sites for hydroxylation is 1. The average molecular weight is 266 g/mol. The predicted molar refractivity (Wildman–Crippen MR) is 81.9 cm³/mol. The van der Waals surface area contributed by atoms with E-state index in [0.717, 1.165) is 17.7 Å². The molecule has 0 bridgehead atoms. The summed E-state index contributed by atoms with van der Waals surface area (Å²) in [6.07, 6.45) is 1.02. The molecule has 20 heavy (non-hydrogen) atoms. The largest absolute Gasteiger partial charge is 0.271 e. The van der Waals surface area contributed by atoms with Crippen molar-refractivity contribution in [2.24, 2.45) is 5.10 Å². The fourth-order valence-electron chi connectivity index (χ4n) is 1.83. The van der Waals surface area contributed by atoms with E-state index in [1.54, 1.807) is 12.1 Å². The Labute approximate surface area is 119 Å². The molecule has 3 heteroatoms. The summed E-state index contributed by atoms with van der Waals surface area (Å²) >= 11 is 0. The summed E-state index contributed by atoms with van der Waals surface area (Å²) in [7, 11) is 0. The number of rotatable bonds is 4. The van der Waals surface area contributed by atoms with Crippen LogP contribution in [0, 0.1) is 0 Å². The minimum atomic E-state index is -0.199. The van der Waals surface area contributed by atoms with Gasteiger partial charge in [-0.2, -0.15) is 5.10 Å². The van der Waals surface area contributed by atoms with Crippen molar-refractivity contribution in [3.05, 3.63) is 71.3 Å². The van der Waals surface area contributed by atoms with Crippen molar-refractivity contribution in [1.82, 2.24) is 5.43 Å². The molecular formula is C17H18N2O. The van der Waals surface area contributed by atoms with Gasteiger partial charge in [0, 0.05) is 5.56 Å². The molecule has 2 aromatic carbocycles. The van der Waals surface area contributed by atoms with Gasteiger partial charge in [0.15, 0.2) is 0 Å². The molecule has 0 aliphatic heterocycles. The van der Waals surface area contributed by atoms with Gasteiger partial charge >= 0.3 is 0 Å². The summed E-state index contributed by atoms with van der Waals surface area (Å²) in [4.78, 5) is 11.9. The average Bonchev–Trinajstić information content (AvgIpc) is 2.53. The van der Waals surface area contributed by atoms with E-state index in [4.69, 9.17) is 0 Å². The number of hydrogen-bond acceptors (Lipinski definition) is 2. The van der Waals surface area contributed by atoms with Crippen molar-refractivity contribution < 1.29 is 4.79 Å². The van der Waals surface area contributed by atoms with E-state index in [1.165, 1.54) is 5.56 Å². The molecule has 1 amide bonds. The second-order valence-corrected chi connectivity index (χ2v) is 4.55. The molecule has 3 nitrogen and oxygen atoms in total. The van der Waals surface area contributed by atoms with Gasteiger partial charge in [0.1, 0.15) is 0 Å². The quantitative estimate of drug-likeness (QED) is 0.668. The molecule has 102 valence electrons. The lowest BCUT2D eigenvalue weighted by Gasteiger charge is -2.04.